The molecule has 1 aromatic rings. The molecule has 1 aromatic heterocycles. The van der Waals surface area contributed by atoms with E-state index in [-0.39, 0.29) is 24.0 Å². The molecule has 0 spiro atoms. The lowest BCUT2D eigenvalue weighted by Gasteiger charge is -2.34. The third-order valence-corrected chi connectivity index (χ3v) is 4.67. The standard InChI is InChI=1S/C21H38N6O2.HI/c1-9-21(10-2,26-19(28)29-20(3,4)5)15-25-18(22-6)24-14-16-11-12-23-17(13-16)27(7)8;/h11-13H,9-10,14-15H2,1-8H3,(H,26,28)(H2,22,24,25);1H. The van der Waals surface area contributed by atoms with Gasteiger partial charge in [0.2, 0.25) is 0 Å². The number of aromatic nitrogens is 1. The first-order valence-corrected chi connectivity index (χ1v) is 10.1. The lowest BCUT2D eigenvalue weighted by molar-refractivity contribution is 0.0448. The van der Waals surface area contributed by atoms with Crippen LogP contribution in [-0.4, -0.2) is 55.9 Å². The molecule has 172 valence electrons. The first kappa shape index (κ1) is 28.2. The van der Waals surface area contributed by atoms with Crippen molar-refractivity contribution >= 4 is 41.8 Å². The van der Waals surface area contributed by atoms with Crippen molar-refractivity contribution in [1.82, 2.24) is 20.9 Å². The van der Waals surface area contributed by atoms with Gasteiger partial charge in [0.15, 0.2) is 5.96 Å². The minimum absolute atomic E-state index is 0. The highest BCUT2D eigenvalue weighted by molar-refractivity contribution is 14.0. The first-order valence-electron chi connectivity index (χ1n) is 10.1. The number of carbonyl (C=O) groups excluding carboxylic acids is 1. The summed E-state index contributed by atoms with van der Waals surface area (Å²) < 4.78 is 5.43. The minimum atomic E-state index is -0.529. The van der Waals surface area contributed by atoms with Crippen LogP contribution in [0.4, 0.5) is 10.6 Å². The van der Waals surface area contributed by atoms with E-state index < -0.39 is 17.2 Å². The van der Waals surface area contributed by atoms with Gasteiger partial charge < -0.3 is 25.6 Å². The molecule has 0 aliphatic carbocycles. The van der Waals surface area contributed by atoms with Crippen LogP contribution in [0.3, 0.4) is 0 Å². The number of carbonyl (C=O) groups is 1. The number of aliphatic imine (C=N–C) groups is 1. The second kappa shape index (κ2) is 12.8. The molecule has 0 aliphatic rings. The fourth-order valence-electron chi connectivity index (χ4n) is 2.72. The van der Waals surface area contributed by atoms with Gasteiger partial charge in [-0.25, -0.2) is 9.78 Å². The SMILES string of the molecule is CCC(CC)(CNC(=NC)NCc1ccnc(N(C)C)c1)NC(=O)OC(C)(C)C.I. The Kier molecular flexibility index (Phi) is 12.1. The monoisotopic (exact) mass is 534 g/mol. The van der Waals surface area contributed by atoms with Crippen LogP contribution < -0.4 is 20.9 Å². The van der Waals surface area contributed by atoms with Crippen LogP contribution in [0.25, 0.3) is 0 Å². The van der Waals surface area contributed by atoms with Crippen LogP contribution in [-0.2, 0) is 11.3 Å². The second-order valence-electron chi connectivity index (χ2n) is 8.31. The van der Waals surface area contributed by atoms with Gasteiger partial charge in [0.05, 0.1) is 5.54 Å². The molecule has 0 saturated carbocycles. The molecule has 0 bridgehead atoms. The molecule has 8 nitrogen and oxygen atoms in total. The normalized spacial score (nSPS) is 11.9. The molecule has 0 fully saturated rings. The fourth-order valence-corrected chi connectivity index (χ4v) is 2.72. The smallest absolute Gasteiger partial charge is 0.408 e. The summed E-state index contributed by atoms with van der Waals surface area (Å²) in [5.74, 6) is 1.58. The molecule has 1 rings (SSSR count). The largest absolute Gasteiger partial charge is 0.444 e. The lowest BCUT2D eigenvalue weighted by atomic mass is 9.93. The topological polar surface area (TPSA) is 90.9 Å². The summed E-state index contributed by atoms with van der Waals surface area (Å²) in [6, 6.07) is 4.01. The number of pyridine rings is 1. The molecule has 1 amide bonds. The van der Waals surface area contributed by atoms with Gasteiger partial charge in [-0.05, 0) is 51.3 Å². The lowest BCUT2D eigenvalue weighted by Crippen LogP contribution is -2.57. The molecule has 9 heteroatoms. The van der Waals surface area contributed by atoms with Crippen molar-refractivity contribution in [2.75, 3.05) is 32.6 Å². The molecule has 30 heavy (non-hydrogen) atoms. The van der Waals surface area contributed by atoms with Crippen molar-refractivity contribution < 1.29 is 9.53 Å². The molecule has 0 saturated heterocycles. The maximum Gasteiger partial charge on any atom is 0.408 e. The van der Waals surface area contributed by atoms with Gasteiger partial charge in [-0.3, -0.25) is 4.99 Å². The van der Waals surface area contributed by atoms with Gasteiger partial charge in [-0.2, -0.15) is 0 Å². The Morgan fingerprint density at radius 1 is 1.20 bits per heavy atom. The molecule has 0 radical (unpaired) electrons. The van der Waals surface area contributed by atoms with E-state index in [1.165, 1.54) is 0 Å². The van der Waals surface area contributed by atoms with Gasteiger partial charge in [0, 0.05) is 40.4 Å². The van der Waals surface area contributed by atoms with E-state index in [9.17, 15) is 4.79 Å². The van der Waals surface area contributed by atoms with Crippen molar-refractivity contribution in [3.63, 3.8) is 0 Å². The average molecular weight is 534 g/mol. The number of nitrogens with zero attached hydrogens (tertiary/aromatic N) is 3. The summed E-state index contributed by atoms with van der Waals surface area (Å²) in [4.78, 5) is 22.9. The average Bonchev–Trinajstić information content (AvgIpc) is 2.65. The van der Waals surface area contributed by atoms with Gasteiger partial charge in [0.25, 0.3) is 0 Å². The molecule has 1 heterocycles. The maximum absolute atomic E-state index is 12.3. The van der Waals surface area contributed by atoms with Crippen molar-refractivity contribution in [3.05, 3.63) is 23.9 Å². The van der Waals surface area contributed by atoms with Crippen LogP contribution in [0.5, 0.6) is 0 Å². The van der Waals surface area contributed by atoms with Gasteiger partial charge in [0.1, 0.15) is 11.4 Å². The second-order valence-corrected chi connectivity index (χ2v) is 8.31. The molecular weight excluding hydrogens is 495 g/mol. The third-order valence-electron chi connectivity index (χ3n) is 4.67. The number of rotatable bonds is 8. The van der Waals surface area contributed by atoms with Crippen molar-refractivity contribution in [3.8, 4) is 0 Å². The number of hydrogen-bond acceptors (Lipinski definition) is 5. The Balaban J connectivity index is 0.00000841. The van der Waals surface area contributed by atoms with Gasteiger partial charge in [-0.15, -0.1) is 24.0 Å². The molecule has 0 aliphatic heterocycles. The van der Waals surface area contributed by atoms with E-state index >= 15 is 0 Å². The predicted octanol–water partition coefficient (Wildman–Crippen LogP) is 3.51. The van der Waals surface area contributed by atoms with Crippen molar-refractivity contribution in [2.24, 2.45) is 4.99 Å². The summed E-state index contributed by atoms with van der Waals surface area (Å²) in [6.45, 7) is 10.8. The van der Waals surface area contributed by atoms with E-state index in [0.717, 1.165) is 24.2 Å². The van der Waals surface area contributed by atoms with Crippen LogP contribution in [0, 0.1) is 0 Å². The van der Waals surface area contributed by atoms with Gasteiger partial charge >= 0.3 is 6.09 Å². The third kappa shape index (κ3) is 9.82. The fraction of sp³-hybridized carbons (Fsp3) is 0.667. The Morgan fingerprint density at radius 2 is 1.83 bits per heavy atom. The number of alkyl carbamates (subject to hydrolysis) is 1. The highest BCUT2D eigenvalue weighted by atomic mass is 127. The van der Waals surface area contributed by atoms with E-state index in [4.69, 9.17) is 4.74 Å². The highest BCUT2D eigenvalue weighted by Crippen LogP contribution is 2.16. The molecule has 0 atom stereocenters. The number of hydrogen-bond donors (Lipinski definition) is 3. The number of guanidine groups is 1. The Morgan fingerprint density at radius 3 is 2.33 bits per heavy atom. The molecule has 0 unspecified atom stereocenters. The highest BCUT2D eigenvalue weighted by Gasteiger charge is 2.30. The Bertz CT molecular complexity index is 684. The number of ether oxygens (including phenoxy) is 1. The number of nitrogens with one attached hydrogen (secondary N) is 3. The zero-order chi connectivity index (χ0) is 22.1. The summed E-state index contributed by atoms with van der Waals surface area (Å²) in [5.41, 5.74) is 0.156. The van der Waals surface area contributed by atoms with Crippen molar-refractivity contribution in [2.45, 2.75) is 65.1 Å². The number of amides is 1. The van der Waals surface area contributed by atoms with E-state index in [2.05, 4.69) is 39.8 Å². The van der Waals surface area contributed by atoms with Crippen LogP contribution in [0.2, 0.25) is 0 Å². The summed E-state index contributed by atoms with van der Waals surface area (Å²) in [5, 5.41) is 9.68. The zero-order valence-electron chi connectivity index (χ0n) is 19.6. The van der Waals surface area contributed by atoms with E-state index in [1.54, 1.807) is 13.2 Å². The van der Waals surface area contributed by atoms with Crippen LogP contribution in [0.15, 0.2) is 23.3 Å². The molecular formula is C21H39IN6O2. The van der Waals surface area contributed by atoms with Crippen LogP contribution in [0.1, 0.15) is 53.0 Å². The molecule has 0 aromatic carbocycles. The summed E-state index contributed by atoms with van der Waals surface area (Å²) in [7, 11) is 5.66. The number of anilines is 1. The number of halogens is 1. The Hall–Kier alpha value is -1.78. The molecule has 3 N–H and O–H groups in total. The predicted molar refractivity (Wildman–Crippen MR) is 135 cm³/mol. The van der Waals surface area contributed by atoms with E-state index in [1.807, 2.05) is 51.9 Å². The summed E-state index contributed by atoms with van der Waals surface area (Å²) >= 11 is 0. The minimum Gasteiger partial charge on any atom is -0.444 e. The Labute approximate surface area is 198 Å². The quantitative estimate of drug-likeness (QED) is 0.269. The van der Waals surface area contributed by atoms with E-state index in [0.29, 0.717) is 19.0 Å². The maximum atomic E-state index is 12.3. The van der Waals surface area contributed by atoms with Gasteiger partial charge in [-0.1, -0.05) is 13.8 Å². The zero-order valence-corrected chi connectivity index (χ0v) is 22.0. The summed E-state index contributed by atoms with van der Waals surface area (Å²) in [6.07, 6.45) is 2.93. The van der Waals surface area contributed by atoms with Crippen molar-refractivity contribution in [1.29, 1.82) is 0 Å². The first-order chi connectivity index (χ1) is 13.5. The van der Waals surface area contributed by atoms with Crippen LogP contribution >= 0.6 is 24.0 Å².